The third-order valence-electron chi connectivity index (χ3n) is 3.92. The molecule has 2 atom stereocenters. The van der Waals surface area contributed by atoms with Gasteiger partial charge in [0.15, 0.2) is 0 Å². The van der Waals surface area contributed by atoms with Crippen molar-refractivity contribution < 1.29 is 9.53 Å². The molecule has 4 nitrogen and oxygen atoms in total. The quantitative estimate of drug-likeness (QED) is 0.746. The highest BCUT2D eigenvalue weighted by molar-refractivity contribution is 5.84. The van der Waals surface area contributed by atoms with E-state index in [1.54, 1.807) is 0 Å². The molecule has 104 valence electrons. The van der Waals surface area contributed by atoms with E-state index in [0.717, 1.165) is 19.6 Å². The summed E-state index contributed by atoms with van der Waals surface area (Å²) in [6.07, 6.45) is 3.41. The van der Waals surface area contributed by atoms with Gasteiger partial charge in [0.05, 0.1) is 18.7 Å². The molecule has 1 N–H and O–H groups in total. The van der Waals surface area contributed by atoms with Crippen LogP contribution in [0.4, 0.5) is 0 Å². The molecule has 0 radical (unpaired) electrons. The van der Waals surface area contributed by atoms with E-state index < -0.39 is 0 Å². The maximum atomic E-state index is 12.4. The van der Waals surface area contributed by atoms with Crippen molar-refractivity contribution in [2.24, 2.45) is 5.92 Å². The Morgan fingerprint density at radius 2 is 2.11 bits per heavy atom. The van der Waals surface area contributed by atoms with Gasteiger partial charge in [0.2, 0.25) is 5.91 Å². The second kappa shape index (κ2) is 6.02. The molecule has 4 heteroatoms. The molecule has 1 saturated heterocycles. The lowest BCUT2D eigenvalue weighted by molar-refractivity contribution is -0.133. The molecular formula is C14H26N2O2. The number of nitrogens with zero attached hydrogens (tertiary/aromatic N) is 1. The van der Waals surface area contributed by atoms with E-state index in [0.29, 0.717) is 18.6 Å². The van der Waals surface area contributed by atoms with Gasteiger partial charge in [0.25, 0.3) is 0 Å². The summed E-state index contributed by atoms with van der Waals surface area (Å²) in [6, 6.07) is 0.882. The molecule has 2 unspecified atom stereocenters. The molecule has 0 spiro atoms. The minimum Gasteiger partial charge on any atom is -0.380 e. The summed E-state index contributed by atoms with van der Waals surface area (Å²) in [5.74, 6) is 0.723. The first-order valence-electron chi connectivity index (χ1n) is 7.27. The molecule has 0 aromatic carbocycles. The van der Waals surface area contributed by atoms with Crippen molar-refractivity contribution in [2.45, 2.75) is 58.2 Å². The third-order valence-corrected chi connectivity index (χ3v) is 3.92. The molecule has 2 aliphatic rings. The Bertz CT molecular complexity index is 290. The maximum absolute atomic E-state index is 12.4. The van der Waals surface area contributed by atoms with E-state index in [4.69, 9.17) is 4.74 Å². The standard InChI is InChI=1S/C14H26N2O2/c1-4-18-9-13(10(2)3)16-8-7-12(14(16)17)15-11-5-6-11/h10-13,15H,4-9H2,1-3H3. The number of nitrogens with one attached hydrogen (secondary N) is 1. The van der Waals surface area contributed by atoms with Gasteiger partial charge in [-0.15, -0.1) is 0 Å². The van der Waals surface area contributed by atoms with Gasteiger partial charge in [0.1, 0.15) is 0 Å². The summed E-state index contributed by atoms with van der Waals surface area (Å²) in [5.41, 5.74) is 0. The lowest BCUT2D eigenvalue weighted by Crippen LogP contribution is -2.47. The van der Waals surface area contributed by atoms with E-state index in [-0.39, 0.29) is 18.0 Å². The van der Waals surface area contributed by atoms with Crippen LogP contribution in [0.1, 0.15) is 40.0 Å². The molecule has 1 aliphatic carbocycles. The molecule has 0 aromatic heterocycles. The van der Waals surface area contributed by atoms with Crippen LogP contribution in [-0.2, 0) is 9.53 Å². The lowest BCUT2D eigenvalue weighted by Gasteiger charge is -2.31. The van der Waals surface area contributed by atoms with Gasteiger partial charge >= 0.3 is 0 Å². The van der Waals surface area contributed by atoms with Gasteiger partial charge in [0, 0.05) is 19.2 Å². The second-order valence-electron chi connectivity index (χ2n) is 5.78. The summed E-state index contributed by atoms with van der Waals surface area (Å²) in [6.45, 7) is 8.59. The predicted octanol–water partition coefficient (Wildman–Crippen LogP) is 1.40. The Hall–Kier alpha value is -0.610. The fraction of sp³-hybridized carbons (Fsp3) is 0.929. The van der Waals surface area contributed by atoms with Crippen LogP contribution in [0, 0.1) is 5.92 Å². The molecule has 0 bridgehead atoms. The molecule has 1 amide bonds. The lowest BCUT2D eigenvalue weighted by atomic mass is 10.0. The van der Waals surface area contributed by atoms with Crippen molar-refractivity contribution in [1.29, 1.82) is 0 Å². The topological polar surface area (TPSA) is 41.6 Å². The summed E-state index contributed by atoms with van der Waals surface area (Å²) < 4.78 is 5.53. The molecule has 2 rings (SSSR count). The third kappa shape index (κ3) is 3.23. The van der Waals surface area contributed by atoms with Gasteiger partial charge in [-0.05, 0) is 32.1 Å². The number of ether oxygens (including phenoxy) is 1. The van der Waals surface area contributed by atoms with Gasteiger partial charge in [-0.25, -0.2) is 0 Å². The zero-order valence-electron chi connectivity index (χ0n) is 11.8. The van der Waals surface area contributed by atoms with Crippen molar-refractivity contribution in [2.75, 3.05) is 19.8 Å². The summed E-state index contributed by atoms with van der Waals surface area (Å²) in [7, 11) is 0. The first kappa shape index (κ1) is 13.8. The van der Waals surface area contributed by atoms with Crippen LogP contribution >= 0.6 is 0 Å². The number of hydrogen-bond acceptors (Lipinski definition) is 3. The first-order chi connectivity index (χ1) is 8.63. The van der Waals surface area contributed by atoms with E-state index in [1.165, 1.54) is 12.8 Å². The van der Waals surface area contributed by atoms with Crippen molar-refractivity contribution in [3.8, 4) is 0 Å². The van der Waals surface area contributed by atoms with Crippen LogP contribution in [0.3, 0.4) is 0 Å². The van der Waals surface area contributed by atoms with Gasteiger partial charge in [-0.2, -0.15) is 0 Å². The Labute approximate surface area is 110 Å². The Morgan fingerprint density at radius 3 is 2.67 bits per heavy atom. The van der Waals surface area contributed by atoms with Gasteiger partial charge < -0.3 is 15.0 Å². The molecule has 2 fully saturated rings. The SMILES string of the molecule is CCOCC(C(C)C)N1CCC(NC2CC2)C1=O. The highest BCUT2D eigenvalue weighted by Gasteiger charge is 2.39. The van der Waals surface area contributed by atoms with Crippen LogP contribution in [-0.4, -0.2) is 48.7 Å². The summed E-state index contributed by atoms with van der Waals surface area (Å²) >= 11 is 0. The number of rotatable bonds is 7. The van der Waals surface area contributed by atoms with Crippen molar-refractivity contribution >= 4 is 5.91 Å². The Balaban J connectivity index is 1.91. The molecular weight excluding hydrogens is 228 g/mol. The number of amides is 1. The van der Waals surface area contributed by atoms with Crippen molar-refractivity contribution in [3.05, 3.63) is 0 Å². The average Bonchev–Trinajstić information content (AvgIpc) is 3.07. The average molecular weight is 254 g/mol. The Morgan fingerprint density at radius 1 is 1.39 bits per heavy atom. The normalized spacial score (nSPS) is 26.1. The maximum Gasteiger partial charge on any atom is 0.240 e. The van der Waals surface area contributed by atoms with Gasteiger partial charge in [-0.1, -0.05) is 13.8 Å². The highest BCUT2D eigenvalue weighted by Crippen LogP contribution is 2.25. The number of carbonyl (C=O) groups is 1. The smallest absolute Gasteiger partial charge is 0.240 e. The van der Waals surface area contributed by atoms with E-state index >= 15 is 0 Å². The number of hydrogen-bond donors (Lipinski definition) is 1. The molecule has 18 heavy (non-hydrogen) atoms. The van der Waals surface area contributed by atoms with Crippen LogP contribution in [0.25, 0.3) is 0 Å². The van der Waals surface area contributed by atoms with E-state index in [9.17, 15) is 4.79 Å². The van der Waals surface area contributed by atoms with Crippen molar-refractivity contribution in [3.63, 3.8) is 0 Å². The Kier molecular flexibility index (Phi) is 4.62. The van der Waals surface area contributed by atoms with Crippen molar-refractivity contribution in [1.82, 2.24) is 10.2 Å². The fourth-order valence-electron chi connectivity index (χ4n) is 2.60. The largest absolute Gasteiger partial charge is 0.380 e. The summed E-state index contributed by atoms with van der Waals surface area (Å²) in [5, 5.41) is 3.45. The molecule has 1 aliphatic heterocycles. The summed E-state index contributed by atoms with van der Waals surface area (Å²) in [4.78, 5) is 14.4. The van der Waals surface area contributed by atoms with Crippen LogP contribution < -0.4 is 5.32 Å². The monoisotopic (exact) mass is 254 g/mol. The zero-order chi connectivity index (χ0) is 13.1. The fourth-order valence-corrected chi connectivity index (χ4v) is 2.60. The minimum absolute atomic E-state index is 0.0559. The first-order valence-corrected chi connectivity index (χ1v) is 7.27. The van der Waals surface area contributed by atoms with Crippen LogP contribution in [0.15, 0.2) is 0 Å². The van der Waals surface area contributed by atoms with E-state index in [1.807, 2.05) is 11.8 Å². The van der Waals surface area contributed by atoms with Crippen LogP contribution in [0.5, 0.6) is 0 Å². The number of likely N-dealkylation sites (tertiary alicyclic amines) is 1. The highest BCUT2D eigenvalue weighted by atomic mass is 16.5. The second-order valence-corrected chi connectivity index (χ2v) is 5.78. The predicted molar refractivity (Wildman–Crippen MR) is 71.4 cm³/mol. The zero-order valence-corrected chi connectivity index (χ0v) is 11.8. The van der Waals surface area contributed by atoms with E-state index in [2.05, 4.69) is 19.2 Å². The van der Waals surface area contributed by atoms with Gasteiger partial charge in [-0.3, -0.25) is 4.79 Å². The molecule has 1 heterocycles. The molecule has 1 saturated carbocycles. The minimum atomic E-state index is 0.0559. The molecule has 0 aromatic rings. The van der Waals surface area contributed by atoms with Crippen LogP contribution in [0.2, 0.25) is 0 Å². The number of carbonyl (C=O) groups excluding carboxylic acids is 1.